The van der Waals surface area contributed by atoms with Crippen LogP contribution in [0.3, 0.4) is 0 Å². The molecule has 2 aromatic heterocycles. The summed E-state index contributed by atoms with van der Waals surface area (Å²) in [4.78, 5) is 22.4. The van der Waals surface area contributed by atoms with Crippen molar-refractivity contribution < 1.29 is 4.79 Å². The van der Waals surface area contributed by atoms with Gasteiger partial charge in [-0.15, -0.1) is 0 Å². The van der Waals surface area contributed by atoms with E-state index in [2.05, 4.69) is 46.7 Å². The van der Waals surface area contributed by atoms with Gasteiger partial charge in [0, 0.05) is 36.3 Å². The number of amides is 1. The number of para-hydroxylation sites is 1. The van der Waals surface area contributed by atoms with Crippen molar-refractivity contribution >= 4 is 28.3 Å². The Morgan fingerprint density at radius 3 is 2.67 bits per heavy atom. The summed E-state index contributed by atoms with van der Waals surface area (Å²) in [7, 11) is 4.16. The van der Waals surface area contributed by atoms with E-state index >= 15 is 0 Å². The number of carbonyl (C=O) groups excluding carboxylic acids is 1. The zero-order chi connectivity index (χ0) is 19.2. The van der Waals surface area contributed by atoms with Gasteiger partial charge in [0.15, 0.2) is 0 Å². The first-order valence-electron chi connectivity index (χ1n) is 9.05. The van der Waals surface area contributed by atoms with Crippen LogP contribution < -0.4 is 10.6 Å². The summed E-state index contributed by atoms with van der Waals surface area (Å²) >= 11 is 0. The molecular weight excluding hydrogens is 338 g/mol. The molecule has 0 bridgehead atoms. The van der Waals surface area contributed by atoms with Gasteiger partial charge in [-0.1, -0.05) is 18.2 Å². The molecular formula is C21H25N5O. The normalized spacial score (nSPS) is 11.0. The van der Waals surface area contributed by atoms with Crippen molar-refractivity contribution in [1.29, 1.82) is 0 Å². The van der Waals surface area contributed by atoms with Crippen molar-refractivity contribution in [3.63, 3.8) is 0 Å². The average Bonchev–Trinajstić information content (AvgIpc) is 2.65. The Balaban J connectivity index is 1.88. The Kier molecular flexibility index (Phi) is 5.98. The molecule has 6 nitrogen and oxygen atoms in total. The maximum absolute atomic E-state index is 11.2. The molecule has 0 aliphatic rings. The molecule has 0 spiro atoms. The number of anilines is 2. The number of pyridine rings is 2. The van der Waals surface area contributed by atoms with E-state index in [9.17, 15) is 4.79 Å². The first-order valence-corrected chi connectivity index (χ1v) is 9.05. The Morgan fingerprint density at radius 1 is 1.15 bits per heavy atom. The lowest BCUT2D eigenvalue weighted by Gasteiger charge is -2.14. The number of carbonyl (C=O) groups is 1. The molecule has 6 heteroatoms. The number of hydrogen-bond acceptors (Lipinski definition) is 5. The molecule has 0 saturated carbocycles. The van der Waals surface area contributed by atoms with Crippen molar-refractivity contribution in [2.75, 3.05) is 37.8 Å². The molecule has 2 N–H and O–H groups in total. The molecule has 0 radical (unpaired) electrons. The first kappa shape index (κ1) is 18.8. The Hall–Kier alpha value is -2.99. The van der Waals surface area contributed by atoms with Crippen LogP contribution >= 0.6 is 0 Å². The minimum Gasteiger partial charge on any atom is -0.384 e. The monoisotopic (exact) mass is 363 g/mol. The molecule has 27 heavy (non-hydrogen) atoms. The van der Waals surface area contributed by atoms with E-state index in [1.54, 1.807) is 12.3 Å². The predicted octanol–water partition coefficient (Wildman–Crippen LogP) is 3.62. The van der Waals surface area contributed by atoms with Crippen LogP contribution in [0.1, 0.15) is 13.3 Å². The van der Waals surface area contributed by atoms with E-state index in [1.807, 2.05) is 24.3 Å². The Labute approximate surface area is 159 Å². The molecule has 0 atom stereocenters. The largest absolute Gasteiger partial charge is 0.384 e. The topological polar surface area (TPSA) is 70.2 Å². The second-order valence-electron chi connectivity index (χ2n) is 6.77. The van der Waals surface area contributed by atoms with Gasteiger partial charge in [0.25, 0.3) is 0 Å². The second-order valence-corrected chi connectivity index (χ2v) is 6.77. The third kappa shape index (κ3) is 5.01. The number of nitrogens with zero attached hydrogens (tertiary/aromatic N) is 3. The van der Waals surface area contributed by atoms with Crippen LogP contribution in [0.4, 0.5) is 11.5 Å². The minimum atomic E-state index is -0.136. The molecule has 1 amide bonds. The van der Waals surface area contributed by atoms with Gasteiger partial charge in [0.05, 0.1) is 11.2 Å². The van der Waals surface area contributed by atoms with Gasteiger partial charge in [-0.3, -0.25) is 4.79 Å². The summed E-state index contributed by atoms with van der Waals surface area (Å²) in [5, 5.41) is 7.33. The molecule has 3 rings (SSSR count). The summed E-state index contributed by atoms with van der Waals surface area (Å²) in [6.07, 6.45) is 2.80. The van der Waals surface area contributed by atoms with Crippen molar-refractivity contribution in [1.82, 2.24) is 14.9 Å². The van der Waals surface area contributed by atoms with Gasteiger partial charge in [0.1, 0.15) is 5.82 Å². The molecule has 0 unspecified atom stereocenters. The molecule has 1 aromatic carbocycles. The number of hydrogen-bond donors (Lipinski definition) is 2. The second kappa shape index (κ2) is 8.60. The van der Waals surface area contributed by atoms with Crippen molar-refractivity contribution in [2.24, 2.45) is 0 Å². The Bertz CT molecular complexity index is 922. The van der Waals surface area contributed by atoms with Gasteiger partial charge in [-0.2, -0.15) is 0 Å². The van der Waals surface area contributed by atoms with Crippen LogP contribution in [0.25, 0.3) is 22.2 Å². The van der Waals surface area contributed by atoms with Crippen molar-refractivity contribution in [3.05, 3.63) is 48.7 Å². The quantitative estimate of drug-likeness (QED) is 0.628. The highest BCUT2D eigenvalue weighted by molar-refractivity contribution is 5.94. The zero-order valence-electron chi connectivity index (χ0n) is 16.0. The molecule has 3 aromatic rings. The maximum atomic E-state index is 11.2. The average molecular weight is 363 g/mol. The highest BCUT2D eigenvalue weighted by Crippen LogP contribution is 2.28. The number of rotatable bonds is 7. The molecule has 2 heterocycles. The third-order valence-corrected chi connectivity index (χ3v) is 4.18. The molecule has 0 aliphatic heterocycles. The Morgan fingerprint density at radius 2 is 1.96 bits per heavy atom. The van der Waals surface area contributed by atoms with E-state index in [-0.39, 0.29) is 5.91 Å². The summed E-state index contributed by atoms with van der Waals surface area (Å²) in [6, 6.07) is 13.9. The number of fused-ring (bicyclic) bond motifs is 1. The standard InChI is InChI=1S/C21H25N5O/c1-15(27)24-21-10-9-16(14-23-21)19-13-20(22-11-6-12-26(2)3)17-7-4-5-8-18(17)25-19/h4-5,7-10,13-14H,6,11-12H2,1-3H3,(H,22,25)(H,23,24,27). The minimum absolute atomic E-state index is 0.136. The fraction of sp³-hybridized carbons (Fsp3) is 0.286. The first-order chi connectivity index (χ1) is 13.0. The smallest absolute Gasteiger partial charge is 0.222 e. The van der Waals surface area contributed by atoms with Crippen LogP contribution in [0.5, 0.6) is 0 Å². The summed E-state index contributed by atoms with van der Waals surface area (Å²) < 4.78 is 0. The van der Waals surface area contributed by atoms with E-state index in [0.717, 1.165) is 47.4 Å². The van der Waals surface area contributed by atoms with E-state index < -0.39 is 0 Å². The highest BCUT2D eigenvalue weighted by atomic mass is 16.1. The van der Waals surface area contributed by atoms with Crippen LogP contribution in [-0.2, 0) is 4.79 Å². The molecule has 0 fully saturated rings. The van der Waals surface area contributed by atoms with Gasteiger partial charge >= 0.3 is 0 Å². The van der Waals surface area contributed by atoms with E-state index in [1.165, 1.54) is 6.92 Å². The lowest BCUT2D eigenvalue weighted by molar-refractivity contribution is -0.114. The van der Waals surface area contributed by atoms with Crippen LogP contribution in [0.15, 0.2) is 48.7 Å². The van der Waals surface area contributed by atoms with Gasteiger partial charge < -0.3 is 15.5 Å². The summed E-state index contributed by atoms with van der Waals surface area (Å²) in [6.45, 7) is 3.40. The molecule has 0 aliphatic carbocycles. The van der Waals surface area contributed by atoms with E-state index in [4.69, 9.17) is 4.98 Å². The molecule has 140 valence electrons. The lowest BCUT2D eigenvalue weighted by atomic mass is 10.1. The molecule has 0 saturated heterocycles. The summed E-state index contributed by atoms with van der Waals surface area (Å²) in [5.74, 6) is 0.400. The third-order valence-electron chi connectivity index (χ3n) is 4.18. The van der Waals surface area contributed by atoms with E-state index in [0.29, 0.717) is 5.82 Å². The van der Waals surface area contributed by atoms with Crippen LogP contribution in [-0.4, -0.2) is 48.0 Å². The van der Waals surface area contributed by atoms with Crippen LogP contribution in [0.2, 0.25) is 0 Å². The maximum Gasteiger partial charge on any atom is 0.222 e. The number of benzene rings is 1. The fourth-order valence-corrected chi connectivity index (χ4v) is 2.89. The van der Waals surface area contributed by atoms with Crippen molar-refractivity contribution in [2.45, 2.75) is 13.3 Å². The summed E-state index contributed by atoms with van der Waals surface area (Å²) in [5.41, 5.74) is 3.77. The fourth-order valence-electron chi connectivity index (χ4n) is 2.89. The number of aromatic nitrogens is 2. The SMILES string of the molecule is CC(=O)Nc1ccc(-c2cc(NCCCN(C)C)c3ccccc3n2)cn1. The van der Waals surface area contributed by atoms with Crippen LogP contribution in [0, 0.1) is 0 Å². The lowest BCUT2D eigenvalue weighted by Crippen LogP contribution is -2.16. The number of nitrogens with one attached hydrogen (secondary N) is 2. The highest BCUT2D eigenvalue weighted by Gasteiger charge is 2.08. The predicted molar refractivity (Wildman–Crippen MR) is 111 cm³/mol. The zero-order valence-corrected chi connectivity index (χ0v) is 16.0. The van der Waals surface area contributed by atoms with Gasteiger partial charge in [-0.25, -0.2) is 9.97 Å². The van der Waals surface area contributed by atoms with Gasteiger partial charge in [-0.05, 0) is 51.3 Å². The van der Waals surface area contributed by atoms with Crippen molar-refractivity contribution in [3.8, 4) is 11.3 Å². The van der Waals surface area contributed by atoms with Gasteiger partial charge in [0.2, 0.25) is 5.91 Å².